The summed E-state index contributed by atoms with van der Waals surface area (Å²) in [6.07, 6.45) is 3.12. The highest BCUT2D eigenvalue weighted by molar-refractivity contribution is 8.01. The molecule has 1 aromatic carbocycles. The lowest BCUT2D eigenvalue weighted by Gasteiger charge is -2.24. The van der Waals surface area contributed by atoms with Gasteiger partial charge in [-0.25, -0.2) is 9.78 Å². The lowest BCUT2D eigenvalue weighted by molar-refractivity contribution is -0.128. The number of thiazole rings is 1. The number of aromatic carboxylic acids is 1. The first-order valence-corrected chi connectivity index (χ1v) is 11.1. The van der Waals surface area contributed by atoms with E-state index in [9.17, 15) is 9.59 Å². The van der Waals surface area contributed by atoms with E-state index >= 15 is 0 Å². The second-order valence-corrected chi connectivity index (χ2v) is 9.32. The molecular formula is C18H18Cl2N2O3S2. The fourth-order valence-electron chi connectivity index (χ4n) is 3.14. The molecule has 0 aliphatic carbocycles. The van der Waals surface area contributed by atoms with Crippen LogP contribution in [0.3, 0.4) is 0 Å². The number of amides is 1. The van der Waals surface area contributed by atoms with Gasteiger partial charge in [-0.05, 0) is 43.0 Å². The Labute approximate surface area is 175 Å². The van der Waals surface area contributed by atoms with E-state index in [-0.39, 0.29) is 17.6 Å². The average Bonchev–Trinajstić information content (AvgIpc) is 3.20. The number of carbonyl (C=O) groups excluding carboxylic acids is 1. The Morgan fingerprint density at radius 2 is 2.07 bits per heavy atom. The van der Waals surface area contributed by atoms with Crippen LogP contribution in [0.25, 0.3) is 0 Å². The Hall–Kier alpha value is -1.28. The van der Waals surface area contributed by atoms with Gasteiger partial charge in [0.05, 0.1) is 0 Å². The summed E-state index contributed by atoms with van der Waals surface area (Å²) in [6.45, 7) is 0.631. The number of rotatable bonds is 8. The van der Waals surface area contributed by atoms with Gasteiger partial charge in [-0.1, -0.05) is 35.0 Å². The van der Waals surface area contributed by atoms with E-state index in [0.29, 0.717) is 33.1 Å². The van der Waals surface area contributed by atoms with E-state index in [1.54, 1.807) is 6.07 Å². The Morgan fingerprint density at radius 1 is 1.33 bits per heavy atom. The number of carbonyl (C=O) groups is 2. The number of carboxylic acid groups (broad SMARTS) is 1. The van der Waals surface area contributed by atoms with E-state index in [0.717, 1.165) is 24.8 Å². The van der Waals surface area contributed by atoms with Crippen LogP contribution in [0.2, 0.25) is 10.0 Å². The average molecular weight is 445 g/mol. The number of nitrogens with zero attached hydrogens (tertiary/aromatic N) is 2. The molecule has 27 heavy (non-hydrogen) atoms. The molecule has 1 aliphatic rings. The molecular weight excluding hydrogens is 427 g/mol. The number of benzene rings is 1. The van der Waals surface area contributed by atoms with Crippen LogP contribution in [-0.2, 0) is 11.2 Å². The highest BCUT2D eigenvalue weighted by atomic mass is 35.5. The summed E-state index contributed by atoms with van der Waals surface area (Å²) in [6, 6.07) is 5.74. The largest absolute Gasteiger partial charge is 0.476 e. The minimum atomic E-state index is -1.02. The number of aryl methyl sites for hydroxylation is 1. The van der Waals surface area contributed by atoms with Crippen LogP contribution < -0.4 is 0 Å². The lowest BCUT2D eigenvalue weighted by atomic mass is 10.0. The van der Waals surface area contributed by atoms with E-state index in [2.05, 4.69) is 4.98 Å². The smallest absolute Gasteiger partial charge is 0.355 e. The van der Waals surface area contributed by atoms with Gasteiger partial charge < -0.3 is 10.0 Å². The van der Waals surface area contributed by atoms with Crippen LogP contribution in [0.4, 0.5) is 0 Å². The van der Waals surface area contributed by atoms with Crippen molar-refractivity contribution in [3.63, 3.8) is 0 Å². The van der Waals surface area contributed by atoms with Crippen molar-refractivity contribution < 1.29 is 14.7 Å². The zero-order valence-electron chi connectivity index (χ0n) is 14.4. The molecule has 1 saturated heterocycles. The lowest BCUT2D eigenvalue weighted by Crippen LogP contribution is -2.35. The third-order valence-electron chi connectivity index (χ3n) is 4.40. The highest BCUT2D eigenvalue weighted by Crippen LogP contribution is 2.27. The van der Waals surface area contributed by atoms with Crippen molar-refractivity contribution in [2.75, 3.05) is 12.3 Å². The van der Waals surface area contributed by atoms with Gasteiger partial charge in [-0.15, -0.1) is 11.3 Å². The number of thioether (sulfide) groups is 1. The standard InChI is InChI=1S/C18H18Cl2N2O3S2/c19-12-7-11(8-13(20)9-12)1-2-14-3-4-16(23)22(14)5-6-26-18-21-15(10-27-18)17(24)25/h7-10,14H,1-6H2,(H,24,25)/t14-/m0/s1. The number of halogens is 2. The monoisotopic (exact) mass is 444 g/mol. The topological polar surface area (TPSA) is 70.5 Å². The number of aromatic nitrogens is 1. The Morgan fingerprint density at radius 3 is 2.74 bits per heavy atom. The first-order valence-electron chi connectivity index (χ1n) is 8.48. The molecule has 5 nitrogen and oxygen atoms in total. The molecule has 0 bridgehead atoms. The molecule has 0 saturated carbocycles. The van der Waals surface area contributed by atoms with Crippen molar-refractivity contribution in [3.8, 4) is 0 Å². The zero-order valence-corrected chi connectivity index (χ0v) is 17.5. The molecule has 144 valence electrons. The van der Waals surface area contributed by atoms with Crippen LogP contribution in [0.1, 0.15) is 35.3 Å². The molecule has 2 heterocycles. The molecule has 1 atom stereocenters. The second kappa shape index (κ2) is 9.28. The number of carboxylic acids is 1. The van der Waals surface area contributed by atoms with Crippen LogP contribution in [0, 0.1) is 0 Å². The summed E-state index contributed by atoms with van der Waals surface area (Å²) >= 11 is 14.9. The summed E-state index contributed by atoms with van der Waals surface area (Å²) in [5, 5.41) is 11.7. The minimum absolute atomic E-state index is 0.0674. The molecule has 1 amide bonds. The molecule has 2 aromatic rings. The normalized spacial score (nSPS) is 16.9. The van der Waals surface area contributed by atoms with Gasteiger partial charge in [-0.2, -0.15) is 0 Å². The Balaban J connectivity index is 1.51. The van der Waals surface area contributed by atoms with Gasteiger partial charge in [0.15, 0.2) is 10.0 Å². The van der Waals surface area contributed by atoms with Crippen molar-refractivity contribution in [1.29, 1.82) is 0 Å². The van der Waals surface area contributed by atoms with Crippen LogP contribution in [0.15, 0.2) is 27.9 Å². The zero-order chi connectivity index (χ0) is 19.4. The Bertz CT molecular complexity index is 824. The molecule has 1 fully saturated rings. The minimum Gasteiger partial charge on any atom is -0.476 e. The highest BCUT2D eigenvalue weighted by Gasteiger charge is 2.30. The van der Waals surface area contributed by atoms with Gasteiger partial charge in [0, 0.05) is 40.2 Å². The van der Waals surface area contributed by atoms with Crippen LogP contribution >= 0.6 is 46.3 Å². The first kappa shape index (κ1) is 20.5. The maximum absolute atomic E-state index is 12.2. The quantitative estimate of drug-likeness (QED) is 0.588. The Kier molecular flexibility index (Phi) is 7.03. The van der Waals surface area contributed by atoms with Gasteiger partial charge in [0.2, 0.25) is 5.91 Å². The second-order valence-electron chi connectivity index (χ2n) is 6.25. The van der Waals surface area contributed by atoms with Gasteiger partial charge in [0.25, 0.3) is 0 Å². The van der Waals surface area contributed by atoms with Gasteiger partial charge >= 0.3 is 5.97 Å². The van der Waals surface area contributed by atoms with Crippen molar-refractivity contribution in [2.45, 2.75) is 36.1 Å². The molecule has 9 heteroatoms. The van der Waals surface area contributed by atoms with Crippen molar-refractivity contribution in [1.82, 2.24) is 9.88 Å². The third kappa shape index (κ3) is 5.60. The van der Waals surface area contributed by atoms with Crippen LogP contribution in [-0.4, -0.2) is 45.2 Å². The van der Waals surface area contributed by atoms with Gasteiger partial charge in [0.1, 0.15) is 0 Å². The van der Waals surface area contributed by atoms with Crippen LogP contribution in [0.5, 0.6) is 0 Å². The predicted octanol–water partition coefficient (Wildman–Crippen LogP) is 4.86. The summed E-state index contributed by atoms with van der Waals surface area (Å²) in [4.78, 5) is 29.1. The summed E-state index contributed by atoms with van der Waals surface area (Å²) in [7, 11) is 0. The predicted molar refractivity (Wildman–Crippen MR) is 109 cm³/mol. The summed E-state index contributed by atoms with van der Waals surface area (Å²) in [5.41, 5.74) is 1.14. The molecule has 0 radical (unpaired) electrons. The maximum Gasteiger partial charge on any atom is 0.355 e. The summed E-state index contributed by atoms with van der Waals surface area (Å²) < 4.78 is 0.712. The van der Waals surface area contributed by atoms with E-state index in [4.69, 9.17) is 28.3 Å². The fraction of sp³-hybridized carbons (Fsp3) is 0.389. The molecule has 0 unspecified atom stereocenters. The third-order valence-corrected chi connectivity index (χ3v) is 6.84. The maximum atomic E-state index is 12.2. The SMILES string of the molecule is O=C(O)c1csc(SCCN2C(=O)CC[C@@H]2CCc2cc(Cl)cc(Cl)c2)n1. The number of hydrogen-bond donors (Lipinski definition) is 1. The van der Waals surface area contributed by atoms with Crippen molar-refractivity contribution in [3.05, 3.63) is 44.9 Å². The molecule has 0 spiro atoms. The first-order chi connectivity index (χ1) is 12.9. The fourth-order valence-corrected chi connectivity index (χ4v) is 5.52. The number of likely N-dealkylation sites (tertiary alicyclic amines) is 1. The van der Waals surface area contributed by atoms with E-state index in [1.807, 2.05) is 17.0 Å². The molecule has 1 aromatic heterocycles. The summed E-state index contributed by atoms with van der Waals surface area (Å²) in [5.74, 6) is -0.151. The molecule has 1 N–H and O–H groups in total. The van der Waals surface area contributed by atoms with Crippen molar-refractivity contribution >= 4 is 58.2 Å². The van der Waals surface area contributed by atoms with Gasteiger partial charge in [-0.3, -0.25) is 4.79 Å². The van der Waals surface area contributed by atoms with E-state index < -0.39 is 5.97 Å². The van der Waals surface area contributed by atoms with E-state index in [1.165, 1.54) is 28.5 Å². The molecule has 1 aliphatic heterocycles. The van der Waals surface area contributed by atoms with Crippen molar-refractivity contribution in [2.24, 2.45) is 0 Å². The molecule has 3 rings (SSSR count). The number of hydrogen-bond acceptors (Lipinski definition) is 5.